The zero-order valence-corrected chi connectivity index (χ0v) is 15.6. The van der Waals surface area contributed by atoms with Gasteiger partial charge in [-0.3, -0.25) is 4.79 Å². The Balaban J connectivity index is 1.68. The van der Waals surface area contributed by atoms with Gasteiger partial charge in [-0.15, -0.1) is 11.3 Å². The number of para-hydroxylation sites is 2. The summed E-state index contributed by atoms with van der Waals surface area (Å²) in [6.45, 7) is 3.91. The molecular weight excluding hydrogens is 350 g/mol. The zero-order valence-electron chi connectivity index (χ0n) is 14.8. The van der Waals surface area contributed by atoms with Gasteiger partial charge >= 0.3 is 6.09 Å². The highest BCUT2D eigenvalue weighted by molar-refractivity contribution is 7.08. The van der Waals surface area contributed by atoms with Crippen LogP contribution in [0, 0.1) is 5.92 Å². The first kappa shape index (κ1) is 17.1. The van der Waals surface area contributed by atoms with Crippen molar-refractivity contribution in [1.29, 1.82) is 0 Å². The van der Waals surface area contributed by atoms with Crippen LogP contribution in [-0.4, -0.2) is 43.1 Å². The fourth-order valence-corrected chi connectivity index (χ4v) is 4.41. The van der Waals surface area contributed by atoms with E-state index in [2.05, 4.69) is 24.2 Å². The number of nitrogens with zero attached hydrogens (tertiary/aromatic N) is 2. The molecule has 136 valence electrons. The number of carbonyl (C=O) groups is 2. The van der Waals surface area contributed by atoms with Crippen LogP contribution in [0.25, 0.3) is 0 Å². The summed E-state index contributed by atoms with van der Waals surface area (Å²) in [5.74, 6) is 0.0540. The van der Waals surface area contributed by atoms with Gasteiger partial charge in [-0.1, -0.05) is 19.1 Å². The maximum absolute atomic E-state index is 13.1. The molecule has 0 unspecified atom stereocenters. The van der Waals surface area contributed by atoms with Crippen molar-refractivity contribution in [3.05, 3.63) is 40.6 Å². The molecule has 0 saturated carbocycles. The summed E-state index contributed by atoms with van der Waals surface area (Å²) in [6, 6.07) is 7.30. The molecule has 1 aromatic carbocycles. The standard InChI is InChI=1S/C19H21N3O3S/c1-12-9-21(2)8-7-17(12)25-19(24)22-15-6-4-3-5-14(15)20-18(23)13-10-26-11-16(13)22/h3-6,10-12,17H,7-9H2,1-2H3,(H,20,23)/t12-,17+/m0/s1. The number of nitrogens with one attached hydrogen (secondary N) is 1. The summed E-state index contributed by atoms with van der Waals surface area (Å²) >= 11 is 1.39. The SMILES string of the molecule is C[C@H]1CN(C)CC[C@H]1OC(=O)N1c2ccccc2NC(=O)c2cscc21. The molecule has 3 heterocycles. The Morgan fingerprint density at radius 2 is 2.08 bits per heavy atom. The first-order valence-electron chi connectivity index (χ1n) is 8.70. The van der Waals surface area contributed by atoms with Crippen molar-refractivity contribution in [2.45, 2.75) is 19.4 Å². The number of ether oxygens (including phenoxy) is 1. The quantitative estimate of drug-likeness (QED) is 0.825. The molecule has 0 bridgehead atoms. The Bertz CT molecular complexity index is 850. The highest BCUT2D eigenvalue weighted by Gasteiger charge is 2.34. The molecule has 2 aliphatic rings. The third-order valence-corrected chi connectivity index (χ3v) is 5.72. The smallest absolute Gasteiger partial charge is 0.419 e. The predicted molar refractivity (Wildman–Crippen MR) is 102 cm³/mol. The van der Waals surface area contributed by atoms with Gasteiger partial charge in [0.05, 0.1) is 22.6 Å². The normalized spacial score (nSPS) is 22.8. The Morgan fingerprint density at radius 3 is 2.88 bits per heavy atom. The molecule has 1 aromatic heterocycles. The van der Waals surface area contributed by atoms with E-state index in [1.807, 2.05) is 23.6 Å². The Kier molecular flexibility index (Phi) is 4.42. The number of rotatable bonds is 1. The second-order valence-electron chi connectivity index (χ2n) is 6.93. The first-order valence-corrected chi connectivity index (χ1v) is 9.64. The Morgan fingerprint density at radius 1 is 1.27 bits per heavy atom. The van der Waals surface area contributed by atoms with Crippen LogP contribution in [0.15, 0.2) is 35.0 Å². The molecule has 26 heavy (non-hydrogen) atoms. The van der Waals surface area contributed by atoms with Crippen LogP contribution in [0.5, 0.6) is 0 Å². The molecule has 4 rings (SSSR count). The number of fused-ring (bicyclic) bond motifs is 2. The number of piperidine rings is 1. The molecule has 6 nitrogen and oxygen atoms in total. The van der Waals surface area contributed by atoms with E-state index in [1.54, 1.807) is 11.4 Å². The van der Waals surface area contributed by atoms with Crippen LogP contribution in [0.2, 0.25) is 0 Å². The molecule has 1 fully saturated rings. The fourth-order valence-electron chi connectivity index (χ4n) is 3.61. The van der Waals surface area contributed by atoms with Gasteiger partial charge in [0.15, 0.2) is 0 Å². The van der Waals surface area contributed by atoms with E-state index in [1.165, 1.54) is 16.2 Å². The maximum atomic E-state index is 13.1. The molecule has 1 saturated heterocycles. The minimum absolute atomic E-state index is 0.125. The monoisotopic (exact) mass is 371 g/mol. The van der Waals surface area contributed by atoms with Gasteiger partial charge in [0, 0.05) is 29.8 Å². The number of hydrogen-bond acceptors (Lipinski definition) is 5. The highest BCUT2D eigenvalue weighted by Crippen LogP contribution is 2.40. The molecule has 7 heteroatoms. The van der Waals surface area contributed by atoms with Gasteiger partial charge in [-0.25, -0.2) is 9.69 Å². The summed E-state index contributed by atoms with van der Waals surface area (Å²) in [6.07, 6.45) is 0.252. The molecule has 2 atom stereocenters. The number of carbonyl (C=O) groups excluding carboxylic acids is 2. The third-order valence-electron chi connectivity index (χ3n) is 4.98. The molecule has 0 spiro atoms. The van der Waals surface area contributed by atoms with Crippen molar-refractivity contribution in [2.24, 2.45) is 5.92 Å². The molecule has 2 amide bonds. The molecule has 2 aromatic rings. The summed E-state index contributed by atoms with van der Waals surface area (Å²) in [5, 5.41) is 6.45. The maximum Gasteiger partial charge on any atom is 0.419 e. The van der Waals surface area contributed by atoms with Gasteiger partial charge in [0.2, 0.25) is 0 Å². The lowest BCUT2D eigenvalue weighted by molar-refractivity contribution is 0.0262. The average molecular weight is 371 g/mol. The number of hydrogen-bond donors (Lipinski definition) is 1. The summed E-state index contributed by atoms with van der Waals surface area (Å²) in [7, 11) is 2.08. The van der Waals surface area contributed by atoms with E-state index in [0.29, 0.717) is 22.6 Å². The van der Waals surface area contributed by atoms with E-state index in [0.717, 1.165) is 19.5 Å². The van der Waals surface area contributed by atoms with Gasteiger partial charge in [0.25, 0.3) is 5.91 Å². The zero-order chi connectivity index (χ0) is 18.3. The van der Waals surface area contributed by atoms with Crippen LogP contribution in [0.4, 0.5) is 21.9 Å². The molecular formula is C19H21N3O3S. The lowest BCUT2D eigenvalue weighted by Crippen LogP contribution is -2.43. The molecule has 1 N–H and O–H groups in total. The van der Waals surface area contributed by atoms with Crippen LogP contribution in [-0.2, 0) is 4.74 Å². The van der Waals surface area contributed by atoms with Crippen LogP contribution < -0.4 is 10.2 Å². The van der Waals surface area contributed by atoms with Crippen molar-refractivity contribution in [3.8, 4) is 0 Å². The van der Waals surface area contributed by atoms with Crippen molar-refractivity contribution >= 4 is 40.4 Å². The van der Waals surface area contributed by atoms with E-state index in [9.17, 15) is 9.59 Å². The van der Waals surface area contributed by atoms with Gasteiger partial charge in [-0.2, -0.15) is 0 Å². The Hall–Kier alpha value is -2.38. The minimum atomic E-state index is -0.435. The lowest BCUT2D eigenvalue weighted by atomic mass is 9.97. The van der Waals surface area contributed by atoms with E-state index in [4.69, 9.17) is 4.74 Å². The second kappa shape index (κ2) is 6.74. The van der Waals surface area contributed by atoms with Gasteiger partial charge in [0.1, 0.15) is 6.10 Å². The topological polar surface area (TPSA) is 61.9 Å². The van der Waals surface area contributed by atoms with Crippen molar-refractivity contribution in [1.82, 2.24) is 4.90 Å². The van der Waals surface area contributed by atoms with Crippen LogP contribution in [0.1, 0.15) is 23.7 Å². The molecule has 0 aliphatic carbocycles. The average Bonchev–Trinajstić information content (AvgIpc) is 3.04. The van der Waals surface area contributed by atoms with Gasteiger partial charge < -0.3 is 15.0 Å². The summed E-state index contributed by atoms with van der Waals surface area (Å²) in [5.41, 5.74) is 2.29. The number of thiophene rings is 1. The largest absolute Gasteiger partial charge is 0.445 e. The second-order valence-corrected chi connectivity index (χ2v) is 7.67. The van der Waals surface area contributed by atoms with E-state index >= 15 is 0 Å². The third kappa shape index (κ3) is 2.97. The van der Waals surface area contributed by atoms with E-state index in [-0.39, 0.29) is 17.9 Å². The number of benzene rings is 1. The van der Waals surface area contributed by atoms with E-state index < -0.39 is 6.09 Å². The molecule has 2 aliphatic heterocycles. The predicted octanol–water partition coefficient (Wildman–Crippen LogP) is 3.93. The van der Waals surface area contributed by atoms with Crippen molar-refractivity contribution < 1.29 is 14.3 Å². The molecule has 0 radical (unpaired) electrons. The number of likely N-dealkylation sites (tertiary alicyclic amines) is 1. The highest BCUT2D eigenvalue weighted by atomic mass is 32.1. The van der Waals surface area contributed by atoms with Gasteiger partial charge in [-0.05, 0) is 25.6 Å². The lowest BCUT2D eigenvalue weighted by Gasteiger charge is -2.35. The van der Waals surface area contributed by atoms with Crippen LogP contribution in [0.3, 0.4) is 0 Å². The number of amides is 2. The first-order chi connectivity index (χ1) is 12.5. The van der Waals surface area contributed by atoms with Crippen molar-refractivity contribution in [2.75, 3.05) is 30.4 Å². The van der Waals surface area contributed by atoms with Crippen LogP contribution >= 0.6 is 11.3 Å². The van der Waals surface area contributed by atoms with Crippen molar-refractivity contribution in [3.63, 3.8) is 0 Å². The fraction of sp³-hybridized carbons (Fsp3) is 0.368. The number of anilines is 3. The minimum Gasteiger partial charge on any atom is -0.445 e. The Labute approximate surface area is 156 Å². The summed E-state index contributed by atoms with van der Waals surface area (Å²) in [4.78, 5) is 29.4. The summed E-state index contributed by atoms with van der Waals surface area (Å²) < 4.78 is 5.89.